The second-order valence-electron chi connectivity index (χ2n) is 6.31. The van der Waals surface area contributed by atoms with Crippen molar-refractivity contribution in [3.8, 4) is 17.1 Å². The molecule has 0 aliphatic carbocycles. The van der Waals surface area contributed by atoms with Gasteiger partial charge in [-0.15, -0.1) is 0 Å². The third-order valence-electron chi connectivity index (χ3n) is 4.14. The van der Waals surface area contributed by atoms with Crippen molar-refractivity contribution in [1.82, 2.24) is 19.7 Å². The Morgan fingerprint density at radius 1 is 0.966 bits per heavy atom. The Labute approximate surface area is 172 Å². The Morgan fingerprint density at radius 3 is 2.38 bits per heavy atom. The quantitative estimate of drug-likeness (QED) is 0.517. The van der Waals surface area contributed by atoms with Crippen molar-refractivity contribution in [1.29, 1.82) is 0 Å². The molecular weight excluding hydrogens is 410 g/mol. The smallest absolute Gasteiger partial charge is 0.229 e. The first kappa shape index (κ1) is 19.1. The predicted molar refractivity (Wildman–Crippen MR) is 112 cm³/mol. The molecule has 0 spiro atoms. The number of nitrogens with zero attached hydrogens (tertiary/aromatic N) is 4. The zero-order valence-electron chi connectivity index (χ0n) is 15.3. The van der Waals surface area contributed by atoms with Crippen LogP contribution in [-0.2, 0) is 9.84 Å². The van der Waals surface area contributed by atoms with Gasteiger partial charge in [-0.3, -0.25) is 0 Å². The van der Waals surface area contributed by atoms with Crippen LogP contribution in [0.25, 0.3) is 17.1 Å². The van der Waals surface area contributed by atoms with E-state index in [1.165, 1.54) is 18.4 Å². The molecule has 9 heteroatoms. The summed E-state index contributed by atoms with van der Waals surface area (Å²) in [5.74, 6) is 0.966. The topological polar surface area (TPSA) is 89.8 Å². The van der Waals surface area contributed by atoms with Crippen molar-refractivity contribution >= 4 is 33.1 Å². The van der Waals surface area contributed by atoms with E-state index in [1.807, 2.05) is 36.5 Å². The number of aromatic nitrogens is 4. The summed E-state index contributed by atoms with van der Waals surface area (Å²) in [7, 11) is -3.24. The number of halogens is 1. The van der Waals surface area contributed by atoms with Crippen LogP contribution in [0.5, 0.6) is 0 Å². The molecule has 0 saturated carbocycles. The lowest BCUT2D eigenvalue weighted by Crippen LogP contribution is -2.03. The molecule has 0 atom stereocenters. The van der Waals surface area contributed by atoms with Gasteiger partial charge in [0.05, 0.1) is 10.6 Å². The third-order valence-corrected chi connectivity index (χ3v) is 5.52. The zero-order chi connectivity index (χ0) is 20.4. The van der Waals surface area contributed by atoms with Crippen molar-refractivity contribution in [3.63, 3.8) is 0 Å². The Balaban J connectivity index is 1.55. The average molecular weight is 426 g/mol. The largest absolute Gasteiger partial charge is 0.324 e. The molecule has 2 heterocycles. The maximum atomic E-state index is 11.6. The molecule has 7 nitrogen and oxygen atoms in total. The Kier molecular flexibility index (Phi) is 5.04. The SMILES string of the molecule is CS(=O)(=O)c1ccc(Nc2nccc(-n3ccc(-c4ccc(Cl)cc4)n3)n2)cc1. The van der Waals surface area contributed by atoms with Crippen LogP contribution in [0.15, 0.2) is 78.0 Å². The lowest BCUT2D eigenvalue weighted by Gasteiger charge is -2.07. The van der Waals surface area contributed by atoms with Crippen LogP contribution in [-0.4, -0.2) is 34.4 Å². The molecule has 2 aromatic heterocycles. The minimum atomic E-state index is -3.24. The van der Waals surface area contributed by atoms with E-state index in [4.69, 9.17) is 11.6 Å². The molecule has 0 saturated heterocycles. The maximum absolute atomic E-state index is 11.6. The van der Waals surface area contributed by atoms with E-state index in [-0.39, 0.29) is 4.90 Å². The summed E-state index contributed by atoms with van der Waals surface area (Å²) in [6.07, 6.45) is 4.61. The van der Waals surface area contributed by atoms with Crippen LogP contribution in [0, 0.1) is 0 Å². The molecule has 0 aliphatic rings. The highest BCUT2D eigenvalue weighted by molar-refractivity contribution is 7.90. The van der Waals surface area contributed by atoms with Gasteiger partial charge in [0.2, 0.25) is 5.95 Å². The lowest BCUT2D eigenvalue weighted by molar-refractivity contribution is 0.602. The molecule has 0 unspecified atom stereocenters. The van der Waals surface area contributed by atoms with Gasteiger partial charge in [-0.2, -0.15) is 10.1 Å². The Hall–Kier alpha value is -3.23. The standard InChI is InChI=1S/C20H16ClN5O2S/c1-29(27,28)17-8-6-16(7-9-17)23-20-22-12-10-19(24-20)26-13-11-18(25-26)14-2-4-15(21)5-3-14/h2-13H,1H3,(H,22,23,24). The lowest BCUT2D eigenvalue weighted by atomic mass is 10.2. The van der Waals surface area contributed by atoms with Gasteiger partial charge in [-0.1, -0.05) is 23.7 Å². The maximum Gasteiger partial charge on any atom is 0.229 e. The van der Waals surface area contributed by atoms with Gasteiger partial charge in [0.15, 0.2) is 15.7 Å². The van der Waals surface area contributed by atoms with Crippen LogP contribution in [0.2, 0.25) is 5.02 Å². The summed E-state index contributed by atoms with van der Waals surface area (Å²) in [5, 5.41) is 8.29. The van der Waals surface area contributed by atoms with E-state index < -0.39 is 9.84 Å². The first-order valence-corrected chi connectivity index (χ1v) is 10.9. The summed E-state index contributed by atoms with van der Waals surface area (Å²) >= 11 is 5.94. The monoisotopic (exact) mass is 425 g/mol. The van der Waals surface area contributed by atoms with E-state index in [2.05, 4.69) is 20.4 Å². The van der Waals surface area contributed by atoms with Crippen molar-refractivity contribution in [3.05, 3.63) is 78.1 Å². The van der Waals surface area contributed by atoms with E-state index >= 15 is 0 Å². The number of nitrogens with one attached hydrogen (secondary N) is 1. The molecule has 29 heavy (non-hydrogen) atoms. The highest BCUT2D eigenvalue weighted by Crippen LogP contribution is 2.21. The molecule has 4 aromatic rings. The van der Waals surface area contributed by atoms with Crippen molar-refractivity contribution in [2.45, 2.75) is 4.90 Å². The summed E-state index contributed by atoms with van der Waals surface area (Å²) in [6.45, 7) is 0. The number of sulfone groups is 1. The summed E-state index contributed by atoms with van der Waals surface area (Å²) < 4.78 is 24.8. The molecule has 146 valence electrons. The highest BCUT2D eigenvalue weighted by Gasteiger charge is 2.08. The molecule has 2 aromatic carbocycles. The van der Waals surface area contributed by atoms with Crippen LogP contribution < -0.4 is 5.32 Å². The first-order valence-electron chi connectivity index (χ1n) is 8.61. The molecule has 0 radical (unpaired) electrons. The third kappa shape index (κ3) is 4.44. The highest BCUT2D eigenvalue weighted by atomic mass is 35.5. The number of anilines is 2. The molecule has 1 N–H and O–H groups in total. The van der Waals surface area contributed by atoms with Crippen LogP contribution in [0.3, 0.4) is 0 Å². The summed E-state index contributed by atoms with van der Waals surface area (Å²) in [4.78, 5) is 8.93. The summed E-state index contributed by atoms with van der Waals surface area (Å²) in [5.41, 5.74) is 2.43. The van der Waals surface area contributed by atoms with Gasteiger partial charge < -0.3 is 5.32 Å². The van der Waals surface area contributed by atoms with Crippen molar-refractivity contribution in [2.24, 2.45) is 0 Å². The predicted octanol–water partition coefficient (Wildman–Crippen LogP) is 4.13. The fraction of sp³-hybridized carbons (Fsp3) is 0.0500. The van der Waals surface area contributed by atoms with Gasteiger partial charge in [0.1, 0.15) is 0 Å². The molecule has 0 fully saturated rings. The fourth-order valence-corrected chi connectivity index (χ4v) is 3.43. The van der Waals surface area contributed by atoms with Crippen LogP contribution >= 0.6 is 11.6 Å². The molecule has 4 rings (SSSR count). The normalized spacial score (nSPS) is 11.4. The van der Waals surface area contributed by atoms with Gasteiger partial charge in [-0.25, -0.2) is 18.1 Å². The number of rotatable bonds is 5. The molecule has 0 bridgehead atoms. The number of hydrogen-bond donors (Lipinski definition) is 1. The van der Waals surface area contributed by atoms with Crippen molar-refractivity contribution < 1.29 is 8.42 Å². The Bertz CT molecular complexity index is 1250. The Morgan fingerprint density at radius 2 is 1.69 bits per heavy atom. The average Bonchev–Trinajstić information content (AvgIpc) is 3.19. The minimum Gasteiger partial charge on any atom is -0.324 e. The van der Waals surface area contributed by atoms with E-state index in [0.29, 0.717) is 22.5 Å². The van der Waals surface area contributed by atoms with E-state index in [0.717, 1.165) is 11.3 Å². The second-order valence-corrected chi connectivity index (χ2v) is 8.76. The second kappa shape index (κ2) is 7.65. The van der Waals surface area contributed by atoms with Crippen LogP contribution in [0.1, 0.15) is 0 Å². The number of benzene rings is 2. The molecule has 0 aliphatic heterocycles. The number of hydrogen-bond acceptors (Lipinski definition) is 6. The molecular formula is C20H16ClN5O2S. The zero-order valence-corrected chi connectivity index (χ0v) is 16.9. The van der Waals surface area contributed by atoms with Gasteiger partial charge >= 0.3 is 0 Å². The van der Waals surface area contributed by atoms with Gasteiger partial charge in [0, 0.05) is 41.0 Å². The minimum absolute atomic E-state index is 0.254. The first-order chi connectivity index (χ1) is 13.9. The van der Waals surface area contributed by atoms with E-state index in [9.17, 15) is 8.42 Å². The van der Waals surface area contributed by atoms with E-state index in [1.54, 1.807) is 29.1 Å². The van der Waals surface area contributed by atoms with Gasteiger partial charge in [-0.05, 0) is 42.5 Å². The van der Waals surface area contributed by atoms with Crippen molar-refractivity contribution in [2.75, 3.05) is 11.6 Å². The molecule has 0 amide bonds. The van der Waals surface area contributed by atoms with Crippen LogP contribution in [0.4, 0.5) is 11.6 Å². The summed E-state index contributed by atoms with van der Waals surface area (Å²) in [6, 6.07) is 17.5. The van der Waals surface area contributed by atoms with Gasteiger partial charge in [0.25, 0.3) is 0 Å². The fourth-order valence-electron chi connectivity index (χ4n) is 2.68.